The van der Waals surface area contributed by atoms with Crippen molar-refractivity contribution in [2.45, 2.75) is 32.7 Å². The van der Waals surface area contributed by atoms with E-state index in [0.717, 1.165) is 52.2 Å². The lowest BCUT2D eigenvalue weighted by atomic mass is 10.0. The van der Waals surface area contributed by atoms with Crippen molar-refractivity contribution in [2.75, 3.05) is 47.1 Å². The third-order valence-electron chi connectivity index (χ3n) is 4.48. The van der Waals surface area contributed by atoms with Crippen LogP contribution in [-0.4, -0.2) is 59.1 Å². The summed E-state index contributed by atoms with van der Waals surface area (Å²) in [6.45, 7) is 6.18. The maximum absolute atomic E-state index is 11.6. The van der Waals surface area contributed by atoms with Crippen LogP contribution in [0, 0.1) is 12.8 Å². The molecule has 0 aliphatic carbocycles. The number of rotatable bonds is 9. The maximum Gasteiger partial charge on any atom is 0.341 e. The predicted molar refractivity (Wildman–Crippen MR) is 102 cm³/mol. The monoisotopic (exact) mass is 381 g/mol. The predicted octanol–water partition coefficient (Wildman–Crippen LogP) is 1.87. The van der Waals surface area contributed by atoms with E-state index in [1.165, 1.54) is 7.11 Å². The van der Waals surface area contributed by atoms with E-state index < -0.39 is 5.97 Å². The molecule has 8 nitrogen and oxygen atoms in total. The second kappa shape index (κ2) is 11.6. The Morgan fingerprint density at radius 2 is 2.11 bits per heavy atom. The number of guanidine groups is 1. The molecular weight excluding hydrogens is 350 g/mol. The van der Waals surface area contributed by atoms with Crippen LogP contribution < -0.4 is 10.6 Å². The Morgan fingerprint density at radius 1 is 1.33 bits per heavy atom. The van der Waals surface area contributed by atoms with E-state index in [1.807, 2.05) is 0 Å². The molecule has 0 atom stereocenters. The van der Waals surface area contributed by atoms with Gasteiger partial charge in [-0.2, -0.15) is 0 Å². The van der Waals surface area contributed by atoms with E-state index >= 15 is 0 Å². The first-order chi connectivity index (χ1) is 13.1. The summed E-state index contributed by atoms with van der Waals surface area (Å²) in [6.07, 6.45) is 3.09. The summed E-state index contributed by atoms with van der Waals surface area (Å²) in [5, 5.41) is 6.40. The minimum absolute atomic E-state index is 0.397. The average Bonchev–Trinajstić information content (AvgIpc) is 3.07. The molecule has 0 bridgehead atoms. The number of carbonyl (C=O) groups excluding carboxylic acids is 1. The van der Waals surface area contributed by atoms with Gasteiger partial charge in [-0.3, -0.25) is 4.99 Å². The third kappa shape index (κ3) is 7.22. The molecule has 8 heteroatoms. The first-order valence-electron chi connectivity index (χ1n) is 9.41. The van der Waals surface area contributed by atoms with Crippen molar-refractivity contribution in [2.24, 2.45) is 10.9 Å². The van der Waals surface area contributed by atoms with Gasteiger partial charge in [0, 0.05) is 40.0 Å². The Labute approximate surface area is 160 Å². The molecule has 0 spiro atoms. The standard InChI is InChI=1S/C19H31N3O5/c1-14-17(18(23)24-3)11-16(27-14)12-22-19(20-2)21-7-4-8-26-13-15-5-9-25-10-6-15/h11,15H,4-10,12-13H2,1-3H3,(H2,20,21,22). The van der Waals surface area contributed by atoms with Crippen LogP contribution in [0.15, 0.2) is 15.5 Å². The largest absolute Gasteiger partial charge is 0.465 e. The van der Waals surface area contributed by atoms with Gasteiger partial charge < -0.3 is 29.3 Å². The Morgan fingerprint density at radius 3 is 2.81 bits per heavy atom. The first-order valence-corrected chi connectivity index (χ1v) is 9.41. The smallest absolute Gasteiger partial charge is 0.341 e. The molecule has 0 aromatic carbocycles. The Balaban J connectivity index is 1.61. The topological polar surface area (TPSA) is 94.3 Å². The molecule has 1 aromatic rings. The summed E-state index contributed by atoms with van der Waals surface area (Å²) in [7, 11) is 3.07. The Hall–Kier alpha value is -2.06. The summed E-state index contributed by atoms with van der Waals surface area (Å²) in [4.78, 5) is 15.8. The van der Waals surface area contributed by atoms with Crippen molar-refractivity contribution in [1.82, 2.24) is 10.6 Å². The van der Waals surface area contributed by atoms with Crippen molar-refractivity contribution in [3.63, 3.8) is 0 Å². The van der Waals surface area contributed by atoms with Crippen LogP contribution in [0.3, 0.4) is 0 Å². The quantitative estimate of drug-likeness (QED) is 0.292. The normalized spacial score (nSPS) is 15.6. The highest BCUT2D eigenvalue weighted by atomic mass is 16.5. The zero-order chi connectivity index (χ0) is 19.5. The second-order valence-corrected chi connectivity index (χ2v) is 6.51. The third-order valence-corrected chi connectivity index (χ3v) is 4.48. The van der Waals surface area contributed by atoms with Gasteiger partial charge >= 0.3 is 5.97 Å². The molecule has 0 unspecified atom stereocenters. The Bertz CT molecular complexity index is 608. The molecular formula is C19H31N3O5. The van der Waals surface area contributed by atoms with Crippen LogP contribution in [0.4, 0.5) is 0 Å². The molecule has 1 aliphatic rings. The van der Waals surface area contributed by atoms with Crippen LogP contribution >= 0.6 is 0 Å². The van der Waals surface area contributed by atoms with E-state index in [0.29, 0.717) is 35.5 Å². The summed E-state index contributed by atoms with van der Waals surface area (Å²) in [5.74, 6) is 2.10. The molecule has 1 saturated heterocycles. The SMILES string of the molecule is CN=C(NCCCOCC1CCOCC1)NCc1cc(C(=O)OC)c(C)o1. The van der Waals surface area contributed by atoms with Crippen molar-refractivity contribution in [3.8, 4) is 0 Å². The number of nitrogens with zero attached hydrogens (tertiary/aromatic N) is 1. The molecule has 1 aromatic heterocycles. The van der Waals surface area contributed by atoms with Crippen LogP contribution in [0.5, 0.6) is 0 Å². The molecule has 0 saturated carbocycles. The summed E-state index contributed by atoms with van der Waals surface area (Å²) < 4.78 is 21.4. The molecule has 27 heavy (non-hydrogen) atoms. The van der Waals surface area contributed by atoms with E-state index in [1.54, 1.807) is 20.0 Å². The molecule has 1 fully saturated rings. The Kier molecular flexibility index (Phi) is 9.13. The summed E-state index contributed by atoms with van der Waals surface area (Å²) >= 11 is 0. The fraction of sp³-hybridized carbons (Fsp3) is 0.684. The minimum Gasteiger partial charge on any atom is -0.465 e. The number of aliphatic imine (C=N–C) groups is 1. The second-order valence-electron chi connectivity index (χ2n) is 6.51. The fourth-order valence-corrected chi connectivity index (χ4v) is 2.88. The van der Waals surface area contributed by atoms with Gasteiger partial charge in [0.15, 0.2) is 5.96 Å². The number of aryl methyl sites for hydroxylation is 1. The zero-order valence-electron chi connectivity index (χ0n) is 16.5. The molecule has 1 aliphatic heterocycles. The number of furan rings is 1. The van der Waals surface area contributed by atoms with Gasteiger partial charge in [0.1, 0.15) is 17.1 Å². The van der Waals surface area contributed by atoms with Crippen LogP contribution in [-0.2, 0) is 20.8 Å². The van der Waals surface area contributed by atoms with Gasteiger partial charge in [-0.25, -0.2) is 4.79 Å². The van der Waals surface area contributed by atoms with Crippen molar-refractivity contribution >= 4 is 11.9 Å². The number of methoxy groups -OCH3 is 1. The number of ether oxygens (including phenoxy) is 3. The summed E-state index contributed by atoms with van der Waals surface area (Å²) in [6, 6.07) is 1.69. The van der Waals surface area contributed by atoms with E-state index in [-0.39, 0.29) is 0 Å². The summed E-state index contributed by atoms with van der Waals surface area (Å²) in [5.41, 5.74) is 0.443. The molecule has 0 amide bonds. The van der Waals surface area contributed by atoms with Crippen molar-refractivity contribution in [1.29, 1.82) is 0 Å². The highest BCUT2D eigenvalue weighted by Gasteiger charge is 2.15. The lowest BCUT2D eigenvalue weighted by Gasteiger charge is -2.21. The lowest BCUT2D eigenvalue weighted by Crippen LogP contribution is -2.37. The first kappa shape index (κ1) is 21.2. The van der Waals surface area contributed by atoms with Gasteiger partial charge in [-0.15, -0.1) is 0 Å². The number of hydrogen-bond acceptors (Lipinski definition) is 6. The highest BCUT2D eigenvalue weighted by Crippen LogP contribution is 2.16. The number of nitrogens with one attached hydrogen (secondary N) is 2. The molecule has 152 valence electrons. The van der Waals surface area contributed by atoms with Gasteiger partial charge in [0.2, 0.25) is 0 Å². The van der Waals surface area contributed by atoms with Gasteiger partial charge in [0.25, 0.3) is 0 Å². The van der Waals surface area contributed by atoms with Gasteiger partial charge in [-0.05, 0) is 38.2 Å². The number of hydrogen-bond donors (Lipinski definition) is 2. The van der Waals surface area contributed by atoms with Gasteiger partial charge in [-0.1, -0.05) is 0 Å². The van der Waals surface area contributed by atoms with Gasteiger partial charge in [0.05, 0.1) is 13.7 Å². The fourth-order valence-electron chi connectivity index (χ4n) is 2.88. The van der Waals surface area contributed by atoms with Crippen LogP contribution in [0.1, 0.15) is 41.1 Å². The maximum atomic E-state index is 11.6. The average molecular weight is 381 g/mol. The molecule has 0 radical (unpaired) electrons. The molecule has 2 rings (SSSR count). The van der Waals surface area contributed by atoms with Crippen LogP contribution in [0.2, 0.25) is 0 Å². The van der Waals surface area contributed by atoms with E-state index in [2.05, 4.69) is 15.6 Å². The minimum atomic E-state index is -0.397. The van der Waals surface area contributed by atoms with Crippen molar-refractivity contribution in [3.05, 3.63) is 23.2 Å². The molecule has 2 heterocycles. The van der Waals surface area contributed by atoms with E-state index in [9.17, 15) is 4.79 Å². The zero-order valence-corrected chi connectivity index (χ0v) is 16.5. The number of carbonyl (C=O) groups is 1. The van der Waals surface area contributed by atoms with Crippen LogP contribution in [0.25, 0.3) is 0 Å². The lowest BCUT2D eigenvalue weighted by molar-refractivity contribution is 0.0203. The molecule has 2 N–H and O–H groups in total. The van der Waals surface area contributed by atoms with E-state index in [4.69, 9.17) is 18.6 Å². The van der Waals surface area contributed by atoms with Crippen molar-refractivity contribution < 1.29 is 23.4 Å². The highest BCUT2D eigenvalue weighted by molar-refractivity contribution is 5.90. The number of esters is 1.